The molecular formula is C14H18O3S. The van der Waals surface area contributed by atoms with E-state index in [1.54, 1.807) is 24.3 Å². The number of rotatable bonds is 4. The number of hydrogen-bond acceptors (Lipinski definition) is 3. The average molecular weight is 266 g/mol. The van der Waals surface area contributed by atoms with Crippen LogP contribution in [0.25, 0.3) is 0 Å². The molecule has 3 nitrogen and oxygen atoms in total. The Labute approximate surface area is 108 Å². The van der Waals surface area contributed by atoms with Crippen molar-refractivity contribution in [3.63, 3.8) is 0 Å². The second kappa shape index (κ2) is 5.67. The Kier molecular flexibility index (Phi) is 4.19. The van der Waals surface area contributed by atoms with Crippen LogP contribution in [0, 0.1) is 0 Å². The molecule has 0 heterocycles. The van der Waals surface area contributed by atoms with Gasteiger partial charge in [0.2, 0.25) is 9.84 Å². The standard InChI is InChI=1S/C14H18O3S/c1-2-17-12-8-10-14(11-9-12)18(15,16)13-6-4-3-5-7-13/h3-7,10,12H,2,8-9,11H2,1H3. The van der Waals surface area contributed by atoms with Crippen LogP contribution in [0.4, 0.5) is 0 Å². The summed E-state index contributed by atoms with van der Waals surface area (Å²) < 4.78 is 30.2. The fraction of sp³-hybridized carbons (Fsp3) is 0.429. The Hall–Kier alpha value is -1.13. The molecule has 2 rings (SSSR count). The Morgan fingerprint density at radius 2 is 2.00 bits per heavy atom. The normalized spacial score (nSPS) is 20.5. The maximum Gasteiger partial charge on any atom is 0.202 e. The van der Waals surface area contributed by atoms with E-state index in [4.69, 9.17) is 4.74 Å². The van der Waals surface area contributed by atoms with Crippen molar-refractivity contribution < 1.29 is 13.2 Å². The first-order valence-corrected chi connectivity index (χ1v) is 7.73. The number of ether oxygens (including phenoxy) is 1. The van der Waals surface area contributed by atoms with Gasteiger partial charge < -0.3 is 4.74 Å². The van der Waals surface area contributed by atoms with Crippen molar-refractivity contribution in [1.82, 2.24) is 0 Å². The molecule has 0 saturated carbocycles. The maximum atomic E-state index is 12.3. The minimum atomic E-state index is -3.29. The first-order chi connectivity index (χ1) is 8.64. The highest BCUT2D eigenvalue weighted by Gasteiger charge is 2.24. The molecule has 1 atom stereocenters. The van der Waals surface area contributed by atoms with E-state index in [1.807, 2.05) is 19.1 Å². The highest BCUT2D eigenvalue weighted by molar-refractivity contribution is 7.95. The second-order valence-electron chi connectivity index (χ2n) is 4.34. The first-order valence-electron chi connectivity index (χ1n) is 6.25. The van der Waals surface area contributed by atoms with Crippen LogP contribution in [-0.2, 0) is 14.6 Å². The van der Waals surface area contributed by atoms with E-state index in [1.165, 1.54) is 0 Å². The summed E-state index contributed by atoms with van der Waals surface area (Å²) in [5.41, 5.74) is 0. The van der Waals surface area contributed by atoms with Crippen molar-refractivity contribution in [2.24, 2.45) is 0 Å². The quantitative estimate of drug-likeness (QED) is 0.841. The van der Waals surface area contributed by atoms with Crippen LogP contribution < -0.4 is 0 Å². The molecule has 1 aromatic rings. The van der Waals surface area contributed by atoms with Gasteiger partial charge in [-0.25, -0.2) is 8.42 Å². The molecule has 1 aromatic carbocycles. The molecule has 0 aliphatic heterocycles. The highest BCUT2D eigenvalue weighted by Crippen LogP contribution is 2.28. The summed E-state index contributed by atoms with van der Waals surface area (Å²) in [4.78, 5) is 0.913. The number of hydrogen-bond donors (Lipinski definition) is 0. The third kappa shape index (κ3) is 2.82. The predicted molar refractivity (Wildman–Crippen MR) is 71.0 cm³/mol. The second-order valence-corrected chi connectivity index (χ2v) is 6.34. The minimum Gasteiger partial charge on any atom is -0.378 e. The van der Waals surface area contributed by atoms with E-state index >= 15 is 0 Å². The van der Waals surface area contributed by atoms with E-state index in [9.17, 15) is 8.42 Å². The Morgan fingerprint density at radius 1 is 1.28 bits per heavy atom. The third-order valence-electron chi connectivity index (χ3n) is 3.12. The van der Waals surface area contributed by atoms with Gasteiger partial charge in [-0.2, -0.15) is 0 Å². The summed E-state index contributed by atoms with van der Waals surface area (Å²) in [5, 5.41) is 0. The van der Waals surface area contributed by atoms with E-state index in [0.717, 1.165) is 6.42 Å². The van der Waals surface area contributed by atoms with Gasteiger partial charge in [-0.1, -0.05) is 24.3 Å². The van der Waals surface area contributed by atoms with Gasteiger partial charge in [-0.3, -0.25) is 0 Å². The molecule has 0 radical (unpaired) electrons. The number of sulfone groups is 1. The molecule has 0 amide bonds. The molecule has 18 heavy (non-hydrogen) atoms. The van der Waals surface area contributed by atoms with Crippen LogP contribution in [0.3, 0.4) is 0 Å². The molecule has 0 spiro atoms. The first kappa shape index (κ1) is 13.3. The summed E-state index contributed by atoms with van der Waals surface area (Å²) in [6.07, 6.45) is 4.03. The van der Waals surface area contributed by atoms with Crippen LogP contribution in [0.1, 0.15) is 26.2 Å². The van der Waals surface area contributed by atoms with Gasteiger partial charge in [0.1, 0.15) is 0 Å². The van der Waals surface area contributed by atoms with Gasteiger partial charge in [0.05, 0.1) is 11.0 Å². The fourth-order valence-electron chi connectivity index (χ4n) is 2.17. The zero-order valence-corrected chi connectivity index (χ0v) is 11.3. The molecule has 0 N–H and O–H groups in total. The zero-order chi connectivity index (χ0) is 13.0. The lowest BCUT2D eigenvalue weighted by atomic mass is 10.0. The molecule has 4 heteroatoms. The Morgan fingerprint density at radius 3 is 2.56 bits per heavy atom. The van der Waals surface area contributed by atoms with Gasteiger partial charge in [0, 0.05) is 11.5 Å². The van der Waals surface area contributed by atoms with Crippen LogP contribution in [0.15, 0.2) is 46.2 Å². The van der Waals surface area contributed by atoms with Crippen LogP contribution in [0.2, 0.25) is 0 Å². The van der Waals surface area contributed by atoms with Crippen molar-refractivity contribution in [1.29, 1.82) is 0 Å². The van der Waals surface area contributed by atoms with Crippen molar-refractivity contribution in [2.45, 2.75) is 37.2 Å². The number of allylic oxidation sites excluding steroid dienone is 1. The summed E-state index contributed by atoms with van der Waals surface area (Å²) in [6, 6.07) is 8.60. The largest absolute Gasteiger partial charge is 0.378 e. The Balaban J connectivity index is 2.18. The van der Waals surface area contributed by atoms with Crippen molar-refractivity contribution >= 4 is 9.84 Å². The van der Waals surface area contributed by atoms with Gasteiger partial charge >= 0.3 is 0 Å². The lowest BCUT2D eigenvalue weighted by Crippen LogP contribution is -2.18. The molecule has 0 bridgehead atoms. The van der Waals surface area contributed by atoms with Crippen LogP contribution in [-0.4, -0.2) is 21.1 Å². The van der Waals surface area contributed by atoms with E-state index in [-0.39, 0.29) is 6.10 Å². The molecular weight excluding hydrogens is 248 g/mol. The number of benzene rings is 1. The minimum absolute atomic E-state index is 0.171. The third-order valence-corrected chi connectivity index (χ3v) is 5.08. The van der Waals surface area contributed by atoms with Crippen molar-refractivity contribution in [2.75, 3.05) is 6.61 Å². The Bertz CT molecular complexity index is 517. The maximum absolute atomic E-state index is 12.3. The monoisotopic (exact) mass is 266 g/mol. The molecule has 0 fully saturated rings. The van der Waals surface area contributed by atoms with Gasteiger partial charge in [0.15, 0.2) is 0 Å². The zero-order valence-electron chi connectivity index (χ0n) is 10.5. The lowest BCUT2D eigenvalue weighted by molar-refractivity contribution is 0.0566. The summed E-state index contributed by atoms with van der Waals surface area (Å²) in [7, 11) is -3.29. The summed E-state index contributed by atoms with van der Waals surface area (Å²) in [5.74, 6) is 0. The topological polar surface area (TPSA) is 43.4 Å². The van der Waals surface area contributed by atoms with E-state index in [0.29, 0.717) is 29.2 Å². The van der Waals surface area contributed by atoms with Crippen LogP contribution in [0.5, 0.6) is 0 Å². The summed E-state index contributed by atoms with van der Waals surface area (Å²) >= 11 is 0. The van der Waals surface area contributed by atoms with Gasteiger partial charge in [-0.05, 0) is 38.3 Å². The van der Waals surface area contributed by atoms with Crippen molar-refractivity contribution in [3.8, 4) is 0 Å². The molecule has 1 unspecified atom stereocenters. The summed E-state index contributed by atoms with van der Waals surface area (Å²) in [6.45, 7) is 2.64. The van der Waals surface area contributed by atoms with Gasteiger partial charge in [-0.15, -0.1) is 0 Å². The predicted octanol–water partition coefficient (Wildman–Crippen LogP) is 2.93. The SMILES string of the molecule is CCOC1CC=C(S(=O)(=O)c2ccccc2)CC1. The van der Waals surface area contributed by atoms with Gasteiger partial charge in [0.25, 0.3) is 0 Å². The molecule has 1 aliphatic carbocycles. The van der Waals surface area contributed by atoms with Crippen molar-refractivity contribution in [3.05, 3.63) is 41.3 Å². The molecule has 98 valence electrons. The molecule has 1 aliphatic rings. The average Bonchev–Trinajstić information content (AvgIpc) is 2.41. The van der Waals surface area contributed by atoms with E-state index < -0.39 is 9.84 Å². The van der Waals surface area contributed by atoms with Crippen LogP contribution >= 0.6 is 0 Å². The molecule has 0 saturated heterocycles. The smallest absolute Gasteiger partial charge is 0.202 e. The molecule has 0 aromatic heterocycles. The highest BCUT2D eigenvalue weighted by atomic mass is 32.2. The lowest BCUT2D eigenvalue weighted by Gasteiger charge is -2.21. The fourth-order valence-corrected chi connectivity index (χ4v) is 3.69. The van der Waals surface area contributed by atoms with E-state index in [2.05, 4.69) is 0 Å².